The largest absolute Gasteiger partial charge is 0.457 e. The maximum atomic E-state index is 6.80. The lowest BCUT2D eigenvalue weighted by molar-refractivity contribution is 0.479. The molecule has 3 heterocycles. The minimum Gasteiger partial charge on any atom is -0.457 e. The number of hydrogen-bond acceptors (Lipinski definition) is 4. The van der Waals surface area contributed by atoms with Crippen molar-refractivity contribution in [1.29, 1.82) is 0 Å². The third-order valence-corrected chi connectivity index (χ3v) is 9.35. The van der Waals surface area contributed by atoms with E-state index in [0.717, 1.165) is 40.7 Å². The summed E-state index contributed by atoms with van der Waals surface area (Å²) in [5, 5.41) is 2.38. The Morgan fingerprint density at radius 3 is 2.00 bits per heavy atom. The van der Waals surface area contributed by atoms with Crippen molar-refractivity contribution < 1.29 is 4.74 Å². The molecule has 1 aliphatic rings. The molecule has 5 nitrogen and oxygen atoms in total. The van der Waals surface area contributed by atoms with Crippen molar-refractivity contribution in [3.8, 4) is 17.3 Å². The number of aromatic nitrogens is 2. The van der Waals surface area contributed by atoms with Gasteiger partial charge in [-0.15, -0.1) is 0 Å². The van der Waals surface area contributed by atoms with Crippen LogP contribution in [0.25, 0.3) is 27.6 Å². The molecule has 7 rings (SSSR count). The highest BCUT2D eigenvalue weighted by molar-refractivity contribution is 6.09. The van der Waals surface area contributed by atoms with E-state index in [1.54, 1.807) is 0 Å². The summed E-state index contributed by atoms with van der Waals surface area (Å²) in [6, 6.07) is 34.8. The standard InChI is InChI=1S/C42H46N4O/c1-40(2,3)28-20-21-43-39(24-28)46-35-15-11-10-14-33(35)34-19-18-31(26-38(34)46)47-32-23-29(41(4,5)6)22-30(25-32)44-27-45(42(7,8)9)37-17-13-12-16-36(37)44/h10-26H,27H2,1-9H3. The van der Waals surface area contributed by atoms with Gasteiger partial charge < -0.3 is 14.5 Å². The Morgan fingerprint density at radius 1 is 0.596 bits per heavy atom. The molecule has 1 aliphatic heterocycles. The molecule has 2 aromatic heterocycles. The van der Waals surface area contributed by atoms with Crippen molar-refractivity contribution in [2.75, 3.05) is 16.5 Å². The summed E-state index contributed by atoms with van der Waals surface area (Å²) < 4.78 is 9.07. The first-order valence-corrected chi connectivity index (χ1v) is 16.7. The lowest BCUT2D eigenvalue weighted by atomic mass is 9.86. The molecule has 240 valence electrons. The van der Waals surface area contributed by atoms with Gasteiger partial charge in [-0.25, -0.2) is 4.98 Å². The number of nitrogens with zero attached hydrogens (tertiary/aromatic N) is 4. The van der Waals surface area contributed by atoms with Gasteiger partial charge in [0.1, 0.15) is 17.3 Å². The normalized spacial score (nSPS) is 13.9. The Labute approximate surface area is 279 Å². The van der Waals surface area contributed by atoms with Gasteiger partial charge in [0.2, 0.25) is 0 Å². The van der Waals surface area contributed by atoms with E-state index in [1.165, 1.54) is 33.3 Å². The highest BCUT2D eigenvalue weighted by atomic mass is 16.5. The Morgan fingerprint density at radius 2 is 1.28 bits per heavy atom. The lowest BCUT2D eigenvalue weighted by Crippen LogP contribution is -2.42. The number of pyridine rings is 1. The monoisotopic (exact) mass is 622 g/mol. The molecule has 0 bridgehead atoms. The molecule has 0 saturated heterocycles. The van der Waals surface area contributed by atoms with Crippen molar-refractivity contribution in [2.24, 2.45) is 0 Å². The lowest BCUT2D eigenvalue weighted by Gasteiger charge is -2.34. The van der Waals surface area contributed by atoms with E-state index in [1.807, 2.05) is 6.20 Å². The number of para-hydroxylation sites is 3. The molecule has 0 aliphatic carbocycles. The molecule has 0 N–H and O–H groups in total. The Bertz CT molecular complexity index is 2120. The van der Waals surface area contributed by atoms with Crippen LogP contribution < -0.4 is 14.5 Å². The summed E-state index contributed by atoms with van der Waals surface area (Å²) in [6.07, 6.45) is 1.92. The fourth-order valence-electron chi connectivity index (χ4n) is 6.64. The van der Waals surface area contributed by atoms with Crippen LogP contribution in [0.3, 0.4) is 0 Å². The number of anilines is 3. The third-order valence-electron chi connectivity index (χ3n) is 9.35. The average Bonchev–Trinajstić information content (AvgIpc) is 3.57. The predicted molar refractivity (Wildman–Crippen MR) is 198 cm³/mol. The van der Waals surface area contributed by atoms with E-state index in [2.05, 4.69) is 174 Å². The van der Waals surface area contributed by atoms with E-state index in [-0.39, 0.29) is 16.4 Å². The van der Waals surface area contributed by atoms with Crippen LogP contribution in [0.15, 0.2) is 103 Å². The predicted octanol–water partition coefficient (Wildman–Crippen LogP) is 11.3. The van der Waals surface area contributed by atoms with Crippen molar-refractivity contribution >= 4 is 38.9 Å². The fourth-order valence-corrected chi connectivity index (χ4v) is 6.64. The van der Waals surface area contributed by atoms with Gasteiger partial charge in [0, 0.05) is 40.3 Å². The van der Waals surface area contributed by atoms with Crippen molar-refractivity contribution in [2.45, 2.75) is 78.7 Å². The van der Waals surface area contributed by atoms with Crippen LogP contribution in [-0.2, 0) is 10.8 Å². The second-order valence-electron chi connectivity index (χ2n) is 15.9. The summed E-state index contributed by atoms with van der Waals surface area (Å²) in [7, 11) is 0. The smallest absolute Gasteiger partial charge is 0.137 e. The number of rotatable bonds is 4. The van der Waals surface area contributed by atoms with Crippen LogP contribution in [0, 0.1) is 0 Å². The van der Waals surface area contributed by atoms with Gasteiger partial charge in [-0.2, -0.15) is 0 Å². The van der Waals surface area contributed by atoms with Crippen LogP contribution >= 0.6 is 0 Å². The molecule has 5 heteroatoms. The van der Waals surface area contributed by atoms with E-state index >= 15 is 0 Å². The van der Waals surface area contributed by atoms with Crippen molar-refractivity contribution in [3.63, 3.8) is 0 Å². The SMILES string of the molecule is CC(C)(C)c1cc(Oc2ccc3c4ccccc4n(-c4cc(C(C)(C)C)ccn4)c3c2)cc(N2CN(C(C)(C)C)c3ccccc32)c1. The zero-order valence-corrected chi connectivity index (χ0v) is 29.2. The molecule has 0 atom stereocenters. The van der Waals surface area contributed by atoms with Crippen molar-refractivity contribution in [1.82, 2.24) is 9.55 Å². The molecule has 0 radical (unpaired) electrons. The maximum Gasteiger partial charge on any atom is 0.137 e. The van der Waals surface area contributed by atoms with Gasteiger partial charge >= 0.3 is 0 Å². The molecule has 4 aromatic carbocycles. The van der Waals surface area contributed by atoms with Gasteiger partial charge in [-0.05, 0) is 97.3 Å². The maximum absolute atomic E-state index is 6.80. The van der Waals surface area contributed by atoms with Crippen LogP contribution in [0.5, 0.6) is 11.5 Å². The summed E-state index contributed by atoms with van der Waals surface area (Å²) >= 11 is 0. The number of fused-ring (bicyclic) bond motifs is 4. The molecule has 0 unspecified atom stereocenters. The fraction of sp³-hybridized carbons (Fsp3) is 0.310. The summed E-state index contributed by atoms with van der Waals surface area (Å²) in [4.78, 5) is 9.75. The Kier molecular flexibility index (Phi) is 7.16. The minimum atomic E-state index is -0.0583. The van der Waals surface area contributed by atoms with E-state index < -0.39 is 0 Å². The van der Waals surface area contributed by atoms with E-state index in [0.29, 0.717) is 0 Å². The first kappa shape index (κ1) is 30.9. The molecule has 47 heavy (non-hydrogen) atoms. The molecular formula is C42H46N4O. The van der Waals surface area contributed by atoms with Crippen LogP contribution in [0.2, 0.25) is 0 Å². The molecule has 0 spiro atoms. The van der Waals surface area contributed by atoms with E-state index in [4.69, 9.17) is 9.72 Å². The molecule has 0 fully saturated rings. The van der Waals surface area contributed by atoms with Gasteiger partial charge in [-0.1, -0.05) is 71.9 Å². The van der Waals surface area contributed by atoms with Gasteiger partial charge in [-0.3, -0.25) is 4.57 Å². The van der Waals surface area contributed by atoms with Crippen LogP contribution in [-0.4, -0.2) is 21.8 Å². The average molecular weight is 623 g/mol. The first-order chi connectivity index (χ1) is 22.2. The summed E-state index contributed by atoms with van der Waals surface area (Å²) in [5.41, 5.74) is 8.23. The second kappa shape index (κ2) is 10.9. The topological polar surface area (TPSA) is 33.5 Å². The third kappa shape index (κ3) is 5.62. The minimum absolute atomic E-state index is 0.0130. The quantitative estimate of drug-likeness (QED) is 0.196. The Balaban J connectivity index is 1.34. The molecule has 0 saturated carbocycles. The van der Waals surface area contributed by atoms with Gasteiger partial charge in [0.15, 0.2) is 0 Å². The number of benzene rings is 4. The second-order valence-corrected chi connectivity index (χ2v) is 15.9. The first-order valence-electron chi connectivity index (χ1n) is 16.7. The zero-order chi connectivity index (χ0) is 33.3. The molecular weight excluding hydrogens is 576 g/mol. The van der Waals surface area contributed by atoms with Gasteiger partial charge in [0.25, 0.3) is 0 Å². The van der Waals surface area contributed by atoms with Gasteiger partial charge in [0.05, 0.1) is 29.1 Å². The van der Waals surface area contributed by atoms with E-state index in [9.17, 15) is 0 Å². The van der Waals surface area contributed by atoms with Crippen LogP contribution in [0.1, 0.15) is 73.4 Å². The highest BCUT2D eigenvalue weighted by Crippen LogP contribution is 2.45. The molecule has 6 aromatic rings. The number of hydrogen-bond donors (Lipinski definition) is 0. The summed E-state index contributed by atoms with van der Waals surface area (Å²) in [5.74, 6) is 2.53. The molecule has 0 amide bonds. The van der Waals surface area contributed by atoms with Crippen molar-refractivity contribution in [3.05, 3.63) is 114 Å². The Hall–Kier alpha value is -4.77. The zero-order valence-electron chi connectivity index (χ0n) is 29.2. The summed E-state index contributed by atoms with van der Waals surface area (Å²) in [6.45, 7) is 21.1. The van der Waals surface area contributed by atoms with Crippen LogP contribution in [0.4, 0.5) is 17.1 Å². The number of ether oxygens (including phenoxy) is 1. The highest BCUT2D eigenvalue weighted by Gasteiger charge is 2.34.